The smallest absolute Gasteiger partial charge is 0.236 e. The summed E-state index contributed by atoms with van der Waals surface area (Å²) in [4.78, 5) is 18.4. The van der Waals surface area contributed by atoms with E-state index in [4.69, 9.17) is 21.1 Å². The van der Waals surface area contributed by atoms with Crippen molar-refractivity contribution in [3.63, 3.8) is 0 Å². The molecule has 1 amide bonds. The molecule has 1 aromatic heterocycles. The second kappa shape index (κ2) is 6.99. The second-order valence-electron chi connectivity index (χ2n) is 6.64. The van der Waals surface area contributed by atoms with E-state index < -0.39 is 5.41 Å². The van der Waals surface area contributed by atoms with Crippen LogP contribution in [-0.2, 0) is 10.2 Å². The van der Waals surface area contributed by atoms with Gasteiger partial charge in [-0.25, -0.2) is 4.98 Å². The highest BCUT2D eigenvalue weighted by atomic mass is 35.5. The number of benzene rings is 2. The van der Waals surface area contributed by atoms with E-state index in [-0.39, 0.29) is 12.7 Å². The van der Waals surface area contributed by atoms with Gasteiger partial charge in [0.25, 0.3) is 0 Å². The molecule has 3 aromatic rings. The summed E-state index contributed by atoms with van der Waals surface area (Å²) in [7, 11) is 0. The Hall–Kier alpha value is -2.22. The summed E-state index contributed by atoms with van der Waals surface area (Å²) in [5.74, 6) is 1.40. The predicted molar refractivity (Wildman–Crippen MR) is 110 cm³/mol. The number of nitrogens with zero attached hydrogens (tertiary/aromatic N) is 1. The van der Waals surface area contributed by atoms with Crippen molar-refractivity contribution in [2.24, 2.45) is 0 Å². The first-order chi connectivity index (χ1) is 13.6. The SMILES string of the molecule is O=C(Nc1ncc(Sc2ccc(Cl)cc2)s1)C1(c2ccc3c(c2)OCO3)CC1. The number of carbonyl (C=O) groups excluding carboxylic acids is 1. The van der Waals surface area contributed by atoms with Gasteiger partial charge in [-0.05, 0) is 54.8 Å². The normalized spacial score (nSPS) is 16.0. The summed E-state index contributed by atoms with van der Waals surface area (Å²) in [6, 6.07) is 13.4. The largest absolute Gasteiger partial charge is 0.454 e. The molecule has 2 aliphatic rings. The quantitative estimate of drug-likeness (QED) is 0.591. The van der Waals surface area contributed by atoms with Gasteiger partial charge in [0.15, 0.2) is 16.6 Å². The Labute approximate surface area is 175 Å². The van der Waals surface area contributed by atoms with Crippen molar-refractivity contribution in [3.05, 3.63) is 59.2 Å². The molecule has 1 aliphatic heterocycles. The number of hydrogen-bond donors (Lipinski definition) is 1. The van der Waals surface area contributed by atoms with Crippen molar-refractivity contribution in [2.45, 2.75) is 27.4 Å². The number of aromatic nitrogens is 1. The molecule has 0 spiro atoms. The maximum absolute atomic E-state index is 13.0. The average molecular weight is 431 g/mol. The van der Waals surface area contributed by atoms with Crippen molar-refractivity contribution in [1.82, 2.24) is 4.98 Å². The molecule has 5 nitrogen and oxygen atoms in total. The van der Waals surface area contributed by atoms with Crippen molar-refractivity contribution >= 4 is 45.7 Å². The summed E-state index contributed by atoms with van der Waals surface area (Å²) < 4.78 is 11.8. The number of rotatable bonds is 5. The molecule has 1 saturated carbocycles. The number of halogens is 1. The van der Waals surface area contributed by atoms with Crippen LogP contribution in [0.25, 0.3) is 0 Å². The van der Waals surface area contributed by atoms with Crippen LogP contribution in [0.2, 0.25) is 5.02 Å². The Morgan fingerprint density at radius 2 is 1.93 bits per heavy atom. The van der Waals surface area contributed by atoms with Crippen LogP contribution in [0.3, 0.4) is 0 Å². The zero-order valence-corrected chi connectivity index (χ0v) is 17.0. The lowest BCUT2D eigenvalue weighted by Gasteiger charge is -2.15. The number of amides is 1. The van der Waals surface area contributed by atoms with Gasteiger partial charge in [-0.1, -0.05) is 40.8 Å². The fraction of sp³-hybridized carbons (Fsp3) is 0.200. The lowest BCUT2D eigenvalue weighted by molar-refractivity contribution is -0.118. The zero-order chi connectivity index (χ0) is 19.1. The maximum atomic E-state index is 13.0. The monoisotopic (exact) mass is 430 g/mol. The molecular formula is C20H15ClN2O3S2. The Morgan fingerprint density at radius 1 is 1.14 bits per heavy atom. The van der Waals surface area contributed by atoms with Gasteiger partial charge in [0.05, 0.1) is 15.8 Å². The molecule has 1 aliphatic carbocycles. The summed E-state index contributed by atoms with van der Waals surface area (Å²) in [5, 5.41) is 4.30. The van der Waals surface area contributed by atoms with E-state index >= 15 is 0 Å². The minimum atomic E-state index is -0.504. The zero-order valence-electron chi connectivity index (χ0n) is 14.6. The number of anilines is 1. The fourth-order valence-electron chi connectivity index (χ4n) is 3.17. The van der Waals surface area contributed by atoms with Crippen LogP contribution >= 0.6 is 34.7 Å². The topological polar surface area (TPSA) is 60.5 Å². The van der Waals surface area contributed by atoms with Gasteiger partial charge < -0.3 is 14.8 Å². The molecule has 8 heteroatoms. The van der Waals surface area contributed by atoms with Crippen LogP contribution in [-0.4, -0.2) is 17.7 Å². The molecule has 0 saturated heterocycles. The second-order valence-corrected chi connectivity index (χ2v) is 9.49. The van der Waals surface area contributed by atoms with Gasteiger partial charge >= 0.3 is 0 Å². The molecule has 142 valence electrons. The number of nitrogens with one attached hydrogen (secondary N) is 1. The van der Waals surface area contributed by atoms with Crippen LogP contribution in [0, 0.1) is 0 Å². The van der Waals surface area contributed by atoms with Crippen molar-refractivity contribution in [3.8, 4) is 11.5 Å². The minimum absolute atomic E-state index is 0.0243. The van der Waals surface area contributed by atoms with Crippen molar-refractivity contribution < 1.29 is 14.3 Å². The molecule has 5 rings (SSSR count). The number of thiazole rings is 1. The maximum Gasteiger partial charge on any atom is 0.236 e. The Kier molecular flexibility index (Phi) is 4.45. The van der Waals surface area contributed by atoms with Crippen molar-refractivity contribution in [2.75, 3.05) is 12.1 Å². The van der Waals surface area contributed by atoms with Gasteiger partial charge in [-0.2, -0.15) is 0 Å². The van der Waals surface area contributed by atoms with Crippen LogP contribution in [0.1, 0.15) is 18.4 Å². The lowest BCUT2D eigenvalue weighted by atomic mass is 9.94. The van der Waals surface area contributed by atoms with Gasteiger partial charge in [0.2, 0.25) is 12.7 Å². The van der Waals surface area contributed by atoms with E-state index in [1.54, 1.807) is 18.0 Å². The highest BCUT2D eigenvalue weighted by Gasteiger charge is 2.52. The third-order valence-electron chi connectivity index (χ3n) is 4.85. The summed E-state index contributed by atoms with van der Waals surface area (Å²) in [6.07, 6.45) is 3.41. The van der Waals surface area contributed by atoms with Crippen LogP contribution in [0.5, 0.6) is 11.5 Å². The predicted octanol–water partition coefficient (Wildman–Crippen LogP) is 5.35. The number of carbonyl (C=O) groups is 1. The first kappa shape index (κ1) is 17.8. The molecule has 0 atom stereocenters. The number of fused-ring (bicyclic) bond motifs is 1. The molecule has 0 bridgehead atoms. The first-order valence-corrected chi connectivity index (χ1v) is 10.7. The molecule has 0 unspecified atom stereocenters. The average Bonchev–Trinajstić information content (AvgIpc) is 3.18. The molecular weight excluding hydrogens is 416 g/mol. The first-order valence-electron chi connectivity index (χ1n) is 8.73. The van der Waals surface area contributed by atoms with Crippen LogP contribution < -0.4 is 14.8 Å². The lowest BCUT2D eigenvalue weighted by Crippen LogP contribution is -2.27. The van der Waals surface area contributed by atoms with Gasteiger partial charge in [0.1, 0.15) is 0 Å². The summed E-state index contributed by atoms with van der Waals surface area (Å²) in [6.45, 7) is 0.227. The third kappa shape index (κ3) is 3.34. The number of ether oxygens (including phenoxy) is 2. The molecule has 1 fully saturated rings. The molecule has 0 radical (unpaired) electrons. The third-order valence-corrected chi connectivity index (χ3v) is 7.12. The molecule has 2 aromatic carbocycles. The summed E-state index contributed by atoms with van der Waals surface area (Å²) in [5.41, 5.74) is 0.456. The molecule has 28 heavy (non-hydrogen) atoms. The van der Waals surface area contributed by atoms with Gasteiger partial charge in [-0.3, -0.25) is 4.79 Å². The van der Waals surface area contributed by atoms with Crippen molar-refractivity contribution in [1.29, 1.82) is 0 Å². The van der Waals surface area contributed by atoms with E-state index in [0.29, 0.717) is 15.9 Å². The number of hydrogen-bond acceptors (Lipinski definition) is 6. The molecule has 2 heterocycles. The van der Waals surface area contributed by atoms with Crippen LogP contribution in [0.15, 0.2) is 57.8 Å². The Morgan fingerprint density at radius 3 is 2.71 bits per heavy atom. The van der Waals surface area contributed by atoms with Gasteiger partial charge in [-0.15, -0.1) is 0 Å². The van der Waals surface area contributed by atoms with E-state index in [1.165, 1.54) is 11.3 Å². The Bertz CT molecular complexity index is 1050. The highest BCUT2D eigenvalue weighted by molar-refractivity contribution is 8.01. The van der Waals surface area contributed by atoms with E-state index in [0.717, 1.165) is 33.3 Å². The van der Waals surface area contributed by atoms with E-state index in [1.807, 2.05) is 42.5 Å². The fourth-order valence-corrected chi connectivity index (χ4v) is 5.14. The van der Waals surface area contributed by atoms with E-state index in [2.05, 4.69) is 10.3 Å². The summed E-state index contributed by atoms with van der Waals surface area (Å²) >= 11 is 8.98. The minimum Gasteiger partial charge on any atom is -0.454 e. The van der Waals surface area contributed by atoms with Crippen LogP contribution in [0.4, 0.5) is 5.13 Å². The van der Waals surface area contributed by atoms with Gasteiger partial charge in [0, 0.05) is 9.92 Å². The Balaban J connectivity index is 1.29. The van der Waals surface area contributed by atoms with E-state index in [9.17, 15) is 4.79 Å². The standard InChI is InChI=1S/C20H15ClN2O3S2/c21-13-2-4-14(5-3-13)27-17-10-22-19(28-17)23-18(24)20(7-8-20)12-1-6-15-16(9-12)26-11-25-15/h1-6,9-10H,7-8,11H2,(H,22,23,24). The highest BCUT2D eigenvalue weighted by Crippen LogP contribution is 2.51. The molecule has 1 N–H and O–H groups in total.